The average molecular weight is 449 g/mol. The molecule has 0 spiro atoms. The Hall–Kier alpha value is -3.01. The van der Waals surface area contributed by atoms with Gasteiger partial charge in [-0.15, -0.1) is 0 Å². The summed E-state index contributed by atoms with van der Waals surface area (Å²) in [7, 11) is 0. The summed E-state index contributed by atoms with van der Waals surface area (Å²) >= 11 is 5.54. The van der Waals surface area contributed by atoms with Crippen molar-refractivity contribution in [1.29, 1.82) is 0 Å². The van der Waals surface area contributed by atoms with Crippen molar-refractivity contribution < 1.29 is 36.2 Å². The SMILES string of the molecule is O=C(Cc1ccc(Cl)c(C(F)(F)F)c1)c1ccc(-c2cc(C(F)(F)F)[nH]n2)c(O)c1. The number of Topliss-reactive ketones (excluding diaryl/α,β-unsaturated/α-hetero) is 1. The van der Waals surface area contributed by atoms with Crippen LogP contribution in [0.15, 0.2) is 42.5 Å². The molecule has 1 heterocycles. The highest BCUT2D eigenvalue weighted by Crippen LogP contribution is 2.36. The third kappa shape index (κ3) is 4.59. The molecule has 0 aliphatic heterocycles. The van der Waals surface area contributed by atoms with Crippen molar-refractivity contribution in [2.45, 2.75) is 18.8 Å². The van der Waals surface area contributed by atoms with Crippen LogP contribution in [0.3, 0.4) is 0 Å². The van der Waals surface area contributed by atoms with Crippen molar-refractivity contribution >= 4 is 17.4 Å². The third-order valence-electron chi connectivity index (χ3n) is 4.18. The number of aromatic amines is 1. The van der Waals surface area contributed by atoms with Crippen LogP contribution in [0.2, 0.25) is 5.02 Å². The van der Waals surface area contributed by atoms with Gasteiger partial charge in [0.25, 0.3) is 0 Å². The van der Waals surface area contributed by atoms with Crippen LogP contribution in [-0.4, -0.2) is 21.1 Å². The largest absolute Gasteiger partial charge is 0.507 e. The number of nitrogens with one attached hydrogen (secondary N) is 1. The van der Waals surface area contributed by atoms with E-state index in [0.29, 0.717) is 6.07 Å². The number of carbonyl (C=O) groups is 1. The minimum absolute atomic E-state index is 0.0358. The molecule has 30 heavy (non-hydrogen) atoms. The Kier molecular flexibility index (Phi) is 5.55. The number of phenols is 1. The van der Waals surface area contributed by atoms with E-state index in [-0.39, 0.29) is 22.4 Å². The van der Waals surface area contributed by atoms with Crippen LogP contribution < -0.4 is 0 Å². The quantitative estimate of drug-likeness (QED) is 0.386. The number of halogens is 7. The van der Waals surface area contributed by atoms with Crippen LogP contribution in [0.25, 0.3) is 11.3 Å². The van der Waals surface area contributed by atoms with Crippen LogP contribution in [0.5, 0.6) is 5.75 Å². The lowest BCUT2D eigenvalue weighted by atomic mass is 9.99. The first kappa shape index (κ1) is 21.7. The fraction of sp³-hybridized carbons (Fsp3) is 0.158. The molecule has 0 saturated heterocycles. The molecular formula is C19H11ClF6N2O2. The van der Waals surface area contributed by atoms with Gasteiger partial charge in [0.2, 0.25) is 0 Å². The highest BCUT2D eigenvalue weighted by atomic mass is 35.5. The van der Waals surface area contributed by atoms with Gasteiger partial charge in [0, 0.05) is 17.5 Å². The van der Waals surface area contributed by atoms with E-state index in [2.05, 4.69) is 5.10 Å². The molecule has 0 atom stereocenters. The number of hydrogen-bond donors (Lipinski definition) is 2. The Morgan fingerprint density at radius 3 is 2.27 bits per heavy atom. The van der Waals surface area contributed by atoms with Crippen molar-refractivity contribution in [1.82, 2.24) is 10.2 Å². The predicted molar refractivity (Wildman–Crippen MR) is 95.2 cm³/mol. The summed E-state index contributed by atoms with van der Waals surface area (Å²) in [6.45, 7) is 0. The molecule has 3 rings (SSSR count). The van der Waals surface area contributed by atoms with E-state index in [1.165, 1.54) is 18.2 Å². The smallest absolute Gasteiger partial charge is 0.432 e. The van der Waals surface area contributed by atoms with Crippen molar-refractivity contribution in [3.63, 3.8) is 0 Å². The number of benzene rings is 2. The Labute approximate surface area is 170 Å². The molecule has 3 aromatic rings. The molecule has 158 valence electrons. The van der Waals surface area contributed by atoms with Gasteiger partial charge in [-0.3, -0.25) is 9.89 Å². The monoisotopic (exact) mass is 448 g/mol. The zero-order chi connectivity index (χ0) is 22.3. The lowest BCUT2D eigenvalue weighted by molar-refractivity contribution is -0.141. The zero-order valence-corrected chi connectivity index (χ0v) is 15.5. The second-order valence-corrected chi connectivity index (χ2v) is 6.72. The number of aromatic hydroxyl groups is 1. The van der Waals surface area contributed by atoms with E-state index >= 15 is 0 Å². The van der Waals surface area contributed by atoms with E-state index in [4.69, 9.17) is 11.6 Å². The first-order valence-corrected chi connectivity index (χ1v) is 8.59. The minimum atomic E-state index is -4.69. The number of aromatic nitrogens is 2. The van der Waals surface area contributed by atoms with Crippen LogP contribution in [-0.2, 0) is 18.8 Å². The van der Waals surface area contributed by atoms with Gasteiger partial charge >= 0.3 is 12.4 Å². The fourth-order valence-corrected chi connectivity index (χ4v) is 2.94. The Balaban J connectivity index is 1.83. The third-order valence-corrected chi connectivity index (χ3v) is 4.51. The predicted octanol–water partition coefficient (Wildman–Crippen LogP) is 5.90. The lowest BCUT2D eigenvalue weighted by Gasteiger charge is -2.11. The normalized spacial score (nSPS) is 12.2. The first-order chi connectivity index (χ1) is 13.9. The van der Waals surface area contributed by atoms with Crippen LogP contribution in [0.4, 0.5) is 26.3 Å². The van der Waals surface area contributed by atoms with Gasteiger partial charge < -0.3 is 5.11 Å². The molecule has 4 nitrogen and oxygen atoms in total. The molecule has 0 unspecified atom stereocenters. The number of phenolic OH excluding ortho intramolecular Hbond substituents is 1. The number of H-pyrrole nitrogens is 1. The number of alkyl halides is 6. The van der Waals surface area contributed by atoms with Crippen molar-refractivity contribution in [2.24, 2.45) is 0 Å². The second-order valence-electron chi connectivity index (χ2n) is 6.31. The Morgan fingerprint density at radius 2 is 1.70 bits per heavy atom. The number of nitrogens with zero attached hydrogens (tertiary/aromatic N) is 1. The van der Waals surface area contributed by atoms with Crippen LogP contribution >= 0.6 is 11.6 Å². The summed E-state index contributed by atoms with van der Waals surface area (Å²) in [5.74, 6) is -1.11. The van der Waals surface area contributed by atoms with E-state index in [0.717, 1.165) is 18.2 Å². The first-order valence-electron chi connectivity index (χ1n) is 8.21. The average Bonchev–Trinajstić information content (AvgIpc) is 3.12. The highest BCUT2D eigenvalue weighted by molar-refractivity contribution is 6.31. The van der Waals surface area contributed by atoms with Crippen molar-refractivity contribution in [3.8, 4) is 17.0 Å². The number of ketones is 1. The molecule has 1 aromatic heterocycles. The van der Waals surface area contributed by atoms with Gasteiger partial charge in [0.15, 0.2) is 5.78 Å². The number of hydrogen-bond acceptors (Lipinski definition) is 3. The molecule has 0 amide bonds. The van der Waals surface area contributed by atoms with Crippen LogP contribution in [0, 0.1) is 0 Å². The molecular weight excluding hydrogens is 438 g/mol. The van der Waals surface area contributed by atoms with E-state index in [1.54, 1.807) is 0 Å². The summed E-state index contributed by atoms with van der Waals surface area (Å²) in [6, 6.07) is 7.21. The number of carbonyl (C=O) groups excluding carboxylic acids is 1. The molecule has 0 bridgehead atoms. The molecule has 0 aliphatic carbocycles. The van der Waals surface area contributed by atoms with Crippen LogP contribution in [0.1, 0.15) is 27.2 Å². The standard InChI is InChI=1S/C19H11ClF6N2O2/c20-13-4-1-9(5-12(13)18(21,22)23)6-15(29)10-2-3-11(16(30)7-10)14-8-17(28-27-14)19(24,25)26/h1-5,7-8,30H,6H2,(H,27,28). The summed E-state index contributed by atoms with van der Waals surface area (Å²) in [4.78, 5) is 12.4. The maximum absolute atomic E-state index is 12.9. The fourth-order valence-electron chi connectivity index (χ4n) is 2.71. The lowest BCUT2D eigenvalue weighted by Crippen LogP contribution is -2.09. The van der Waals surface area contributed by atoms with E-state index in [9.17, 15) is 36.2 Å². The second kappa shape index (κ2) is 7.67. The van der Waals surface area contributed by atoms with Crippen molar-refractivity contribution in [3.05, 3.63) is 69.9 Å². The van der Waals surface area contributed by atoms with Gasteiger partial charge in [-0.1, -0.05) is 23.7 Å². The molecule has 0 radical (unpaired) electrons. The van der Waals surface area contributed by atoms with Gasteiger partial charge in [0.1, 0.15) is 11.4 Å². The molecule has 11 heteroatoms. The Bertz CT molecular complexity index is 1110. The highest BCUT2D eigenvalue weighted by Gasteiger charge is 2.34. The van der Waals surface area contributed by atoms with E-state index in [1.807, 2.05) is 5.10 Å². The minimum Gasteiger partial charge on any atom is -0.507 e. The molecule has 0 aliphatic rings. The topological polar surface area (TPSA) is 66.0 Å². The zero-order valence-electron chi connectivity index (χ0n) is 14.7. The van der Waals surface area contributed by atoms with Gasteiger partial charge in [-0.25, -0.2) is 0 Å². The molecule has 2 aromatic carbocycles. The van der Waals surface area contributed by atoms with Gasteiger partial charge in [-0.05, 0) is 35.9 Å². The summed E-state index contributed by atoms with van der Waals surface area (Å²) in [5.41, 5.74) is -2.41. The molecule has 0 saturated carbocycles. The maximum atomic E-state index is 12.9. The van der Waals surface area contributed by atoms with Crippen molar-refractivity contribution in [2.75, 3.05) is 0 Å². The van der Waals surface area contributed by atoms with Gasteiger partial charge in [-0.2, -0.15) is 31.4 Å². The molecule has 2 N–H and O–H groups in total. The molecule has 0 fully saturated rings. The summed E-state index contributed by atoms with van der Waals surface area (Å²) in [5, 5.41) is 14.9. The Morgan fingerprint density at radius 1 is 1.00 bits per heavy atom. The summed E-state index contributed by atoms with van der Waals surface area (Å²) < 4.78 is 76.8. The number of rotatable bonds is 4. The van der Waals surface area contributed by atoms with Gasteiger partial charge in [0.05, 0.1) is 16.3 Å². The van der Waals surface area contributed by atoms with E-state index < -0.39 is 46.6 Å². The maximum Gasteiger partial charge on any atom is 0.432 e. The summed E-state index contributed by atoms with van der Waals surface area (Å²) in [6.07, 6.45) is -9.74.